The van der Waals surface area contributed by atoms with E-state index >= 15 is 0 Å². The van der Waals surface area contributed by atoms with Gasteiger partial charge < -0.3 is 5.32 Å². The van der Waals surface area contributed by atoms with Gasteiger partial charge in [0.25, 0.3) is 0 Å². The van der Waals surface area contributed by atoms with Crippen molar-refractivity contribution in [2.45, 2.75) is 13.0 Å². The molecule has 0 amide bonds. The number of hydrogen-bond acceptors (Lipinski definition) is 4. The van der Waals surface area contributed by atoms with E-state index in [0.29, 0.717) is 0 Å². The van der Waals surface area contributed by atoms with Gasteiger partial charge in [0.15, 0.2) is 0 Å². The number of nitrogens with one attached hydrogen (secondary N) is 1. The molecule has 0 spiro atoms. The van der Waals surface area contributed by atoms with Crippen molar-refractivity contribution in [3.05, 3.63) is 65.7 Å². The lowest BCUT2D eigenvalue weighted by Gasteiger charge is -2.15. The standard InChI is InChI=1S/C16H14FN3S/c1-11(15-6-5-13(17)10-19-15)20-14-4-2-3-12(9-14)16-18-7-8-21-16/h2-11,20H,1H3. The summed E-state index contributed by atoms with van der Waals surface area (Å²) < 4.78 is 12.9. The number of nitrogens with zero attached hydrogens (tertiary/aromatic N) is 2. The van der Waals surface area contributed by atoms with Crippen molar-refractivity contribution < 1.29 is 4.39 Å². The number of aromatic nitrogens is 2. The fourth-order valence-electron chi connectivity index (χ4n) is 2.08. The van der Waals surface area contributed by atoms with E-state index in [1.54, 1.807) is 23.6 Å². The third-order valence-electron chi connectivity index (χ3n) is 3.12. The van der Waals surface area contributed by atoms with E-state index in [9.17, 15) is 4.39 Å². The first-order valence-electron chi connectivity index (χ1n) is 6.60. The van der Waals surface area contributed by atoms with Crippen LogP contribution in [0.4, 0.5) is 10.1 Å². The SMILES string of the molecule is CC(Nc1cccc(-c2nccs2)c1)c1ccc(F)cn1. The summed E-state index contributed by atoms with van der Waals surface area (Å²) in [7, 11) is 0. The van der Waals surface area contributed by atoms with Gasteiger partial charge in [0.2, 0.25) is 0 Å². The Labute approximate surface area is 126 Å². The molecule has 0 fully saturated rings. The van der Waals surface area contributed by atoms with Gasteiger partial charge in [0, 0.05) is 22.8 Å². The molecule has 3 aromatic rings. The summed E-state index contributed by atoms with van der Waals surface area (Å²) in [6, 6.07) is 11.2. The average Bonchev–Trinajstić information content (AvgIpc) is 3.02. The molecule has 0 radical (unpaired) electrons. The van der Waals surface area contributed by atoms with Gasteiger partial charge in [-0.2, -0.15) is 0 Å². The van der Waals surface area contributed by atoms with Crippen LogP contribution < -0.4 is 5.32 Å². The molecule has 0 aliphatic carbocycles. The Morgan fingerprint density at radius 1 is 1.19 bits per heavy atom. The summed E-state index contributed by atoms with van der Waals surface area (Å²) in [5.41, 5.74) is 2.87. The summed E-state index contributed by atoms with van der Waals surface area (Å²) in [5, 5.41) is 6.32. The van der Waals surface area contributed by atoms with Gasteiger partial charge in [0.05, 0.1) is 17.9 Å². The van der Waals surface area contributed by atoms with Gasteiger partial charge in [-0.05, 0) is 31.2 Å². The lowest BCUT2D eigenvalue weighted by atomic mass is 10.1. The van der Waals surface area contributed by atoms with E-state index in [1.165, 1.54) is 12.3 Å². The van der Waals surface area contributed by atoms with E-state index in [1.807, 2.05) is 30.5 Å². The maximum Gasteiger partial charge on any atom is 0.141 e. The van der Waals surface area contributed by atoms with E-state index in [4.69, 9.17) is 0 Å². The molecule has 106 valence electrons. The molecular weight excluding hydrogens is 285 g/mol. The molecule has 0 saturated carbocycles. The molecule has 1 atom stereocenters. The van der Waals surface area contributed by atoms with E-state index in [-0.39, 0.29) is 11.9 Å². The molecule has 5 heteroatoms. The highest BCUT2D eigenvalue weighted by Crippen LogP contribution is 2.26. The smallest absolute Gasteiger partial charge is 0.141 e. The minimum Gasteiger partial charge on any atom is -0.377 e. The summed E-state index contributed by atoms with van der Waals surface area (Å²) in [4.78, 5) is 8.41. The third kappa shape index (κ3) is 3.25. The maximum absolute atomic E-state index is 12.9. The highest BCUT2D eigenvalue weighted by atomic mass is 32.1. The van der Waals surface area contributed by atoms with Crippen LogP contribution in [0.2, 0.25) is 0 Å². The number of hydrogen-bond donors (Lipinski definition) is 1. The second-order valence-corrected chi connectivity index (χ2v) is 5.58. The predicted molar refractivity (Wildman–Crippen MR) is 83.8 cm³/mol. The highest BCUT2D eigenvalue weighted by Gasteiger charge is 2.08. The van der Waals surface area contributed by atoms with Gasteiger partial charge in [-0.3, -0.25) is 4.98 Å². The molecule has 21 heavy (non-hydrogen) atoms. The topological polar surface area (TPSA) is 37.8 Å². The number of benzene rings is 1. The van der Waals surface area contributed by atoms with Gasteiger partial charge in [-0.15, -0.1) is 11.3 Å². The third-order valence-corrected chi connectivity index (χ3v) is 3.94. The molecule has 3 rings (SSSR count). The Morgan fingerprint density at radius 3 is 2.81 bits per heavy atom. The Morgan fingerprint density at radius 2 is 2.10 bits per heavy atom. The first-order valence-corrected chi connectivity index (χ1v) is 7.48. The van der Waals surface area contributed by atoms with Crippen molar-refractivity contribution in [2.24, 2.45) is 0 Å². The Kier molecular flexibility index (Phi) is 3.92. The molecule has 3 nitrogen and oxygen atoms in total. The van der Waals surface area contributed by atoms with E-state index < -0.39 is 0 Å². The van der Waals surface area contributed by atoms with Crippen molar-refractivity contribution in [2.75, 3.05) is 5.32 Å². The van der Waals surface area contributed by atoms with Gasteiger partial charge in [0.1, 0.15) is 10.8 Å². The minimum atomic E-state index is -0.322. The highest BCUT2D eigenvalue weighted by molar-refractivity contribution is 7.13. The molecule has 0 aliphatic rings. The van der Waals surface area contributed by atoms with Crippen LogP contribution in [0.3, 0.4) is 0 Å². The van der Waals surface area contributed by atoms with Crippen molar-refractivity contribution in [3.63, 3.8) is 0 Å². The molecule has 2 aromatic heterocycles. The van der Waals surface area contributed by atoms with Crippen molar-refractivity contribution in [1.29, 1.82) is 0 Å². The van der Waals surface area contributed by atoms with Gasteiger partial charge in [-0.25, -0.2) is 9.37 Å². The summed E-state index contributed by atoms with van der Waals surface area (Å²) >= 11 is 1.61. The van der Waals surface area contributed by atoms with E-state index in [0.717, 1.165) is 22.0 Å². The molecule has 1 unspecified atom stereocenters. The number of halogens is 1. The van der Waals surface area contributed by atoms with Crippen LogP contribution in [0.1, 0.15) is 18.7 Å². The van der Waals surface area contributed by atoms with Crippen LogP contribution in [-0.4, -0.2) is 9.97 Å². The van der Waals surface area contributed by atoms with Crippen molar-refractivity contribution >= 4 is 17.0 Å². The summed E-state index contributed by atoms with van der Waals surface area (Å²) in [5.74, 6) is -0.322. The molecular formula is C16H14FN3S. The quantitative estimate of drug-likeness (QED) is 0.770. The lowest BCUT2D eigenvalue weighted by Crippen LogP contribution is -2.08. The molecule has 0 aliphatic heterocycles. The van der Waals surface area contributed by atoms with Crippen LogP contribution in [0.5, 0.6) is 0 Å². The molecule has 1 N–H and O–H groups in total. The monoisotopic (exact) mass is 299 g/mol. The predicted octanol–water partition coefficient (Wildman–Crippen LogP) is 4.52. The van der Waals surface area contributed by atoms with Crippen LogP contribution in [-0.2, 0) is 0 Å². The number of anilines is 1. The number of pyridine rings is 1. The Balaban J connectivity index is 1.78. The summed E-state index contributed by atoms with van der Waals surface area (Å²) in [6.45, 7) is 2.00. The minimum absolute atomic E-state index is 0.00264. The van der Waals surface area contributed by atoms with Crippen molar-refractivity contribution in [3.8, 4) is 10.6 Å². The molecule has 1 aromatic carbocycles. The van der Waals surface area contributed by atoms with E-state index in [2.05, 4.69) is 21.4 Å². The zero-order valence-electron chi connectivity index (χ0n) is 11.5. The van der Waals surface area contributed by atoms with Gasteiger partial charge in [-0.1, -0.05) is 12.1 Å². The normalized spacial score (nSPS) is 12.1. The van der Waals surface area contributed by atoms with Crippen molar-refractivity contribution in [1.82, 2.24) is 9.97 Å². The first kappa shape index (κ1) is 13.7. The number of rotatable bonds is 4. The number of thiazole rings is 1. The molecule has 0 saturated heterocycles. The first-order chi connectivity index (χ1) is 10.2. The fraction of sp³-hybridized carbons (Fsp3) is 0.125. The molecule has 0 bridgehead atoms. The largest absolute Gasteiger partial charge is 0.377 e. The zero-order valence-corrected chi connectivity index (χ0v) is 12.3. The Hall–Kier alpha value is -2.27. The van der Waals surface area contributed by atoms with Crippen LogP contribution in [0.15, 0.2) is 54.2 Å². The Bertz CT molecular complexity index is 711. The second-order valence-electron chi connectivity index (χ2n) is 4.69. The summed E-state index contributed by atoms with van der Waals surface area (Å²) in [6.07, 6.45) is 3.03. The second kappa shape index (κ2) is 6.01. The maximum atomic E-state index is 12.9. The zero-order chi connectivity index (χ0) is 14.7. The molecule has 2 heterocycles. The van der Waals surface area contributed by atoms with Crippen LogP contribution >= 0.6 is 11.3 Å². The lowest BCUT2D eigenvalue weighted by molar-refractivity contribution is 0.617. The fourth-order valence-corrected chi connectivity index (χ4v) is 2.71. The average molecular weight is 299 g/mol. The van der Waals surface area contributed by atoms with Crippen LogP contribution in [0.25, 0.3) is 10.6 Å². The van der Waals surface area contributed by atoms with Crippen LogP contribution in [0, 0.1) is 5.82 Å². The van der Waals surface area contributed by atoms with Gasteiger partial charge >= 0.3 is 0 Å².